The molecule has 1 fully saturated rings. The maximum atomic E-state index is 13.1. The monoisotopic (exact) mass is 391 g/mol. The second-order valence-electron chi connectivity index (χ2n) is 7.33. The third-order valence-corrected chi connectivity index (χ3v) is 5.37. The summed E-state index contributed by atoms with van der Waals surface area (Å²) in [5, 5.41) is 14.9. The van der Waals surface area contributed by atoms with Crippen molar-refractivity contribution >= 4 is 28.4 Å². The summed E-state index contributed by atoms with van der Waals surface area (Å²) in [5.41, 5.74) is 2.24. The van der Waals surface area contributed by atoms with E-state index in [-0.39, 0.29) is 17.9 Å². The molecule has 1 unspecified atom stereocenters. The number of hydrogen-bond donors (Lipinski definition) is 3. The van der Waals surface area contributed by atoms with Crippen molar-refractivity contribution in [3.8, 4) is 0 Å². The number of rotatable bonds is 4. The minimum atomic E-state index is -0.255. The van der Waals surface area contributed by atoms with Gasteiger partial charge in [-0.25, -0.2) is 4.79 Å². The Kier molecular flexibility index (Phi) is 5.46. The van der Waals surface area contributed by atoms with Gasteiger partial charge in [0.05, 0.1) is 17.6 Å². The Morgan fingerprint density at radius 3 is 2.86 bits per heavy atom. The van der Waals surface area contributed by atoms with Crippen LogP contribution in [-0.2, 0) is 0 Å². The molecule has 0 saturated carbocycles. The topological polar surface area (TPSA) is 90.1 Å². The lowest BCUT2D eigenvalue weighted by molar-refractivity contribution is 0.0706. The molecule has 0 radical (unpaired) electrons. The van der Waals surface area contributed by atoms with Gasteiger partial charge in [0.2, 0.25) is 0 Å². The van der Waals surface area contributed by atoms with Crippen molar-refractivity contribution in [3.63, 3.8) is 0 Å². The summed E-state index contributed by atoms with van der Waals surface area (Å²) in [6.07, 6.45) is 3.46. The van der Waals surface area contributed by atoms with Crippen molar-refractivity contribution in [2.45, 2.75) is 25.7 Å². The number of carbonyl (C=O) groups is 2. The van der Waals surface area contributed by atoms with Crippen LogP contribution in [0.15, 0.2) is 48.7 Å². The Morgan fingerprint density at radius 1 is 1.21 bits per heavy atom. The van der Waals surface area contributed by atoms with E-state index in [1.54, 1.807) is 6.20 Å². The van der Waals surface area contributed by atoms with Gasteiger partial charge in [0.1, 0.15) is 0 Å². The lowest BCUT2D eigenvalue weighted by Gasteiger charge is -2.32. The minimum absolute atomic E-state index is 0.0400. The molecule has 3 aromatic rings. The van der Waals surface area contributed by atoms with Crippen molar-refractivity contribution in [1.82, 2.24) is 20.4 Å². The first-order valence-corrected chi connectivity index (χ1v) is 10.0. The standard InChI is InChI=1S/C22H25N5O2/c1-2-23-22(29)25-19-13-24-26-20(19)18-8-5-11-27(14-18)21(28)17-10-9-15-6-3-4-7-16(15)12-17/h3-4,6-7,9-10,12-13,18H,2,5,8,11,14H2,1H3,(H,24,26)(H2,23,25,29). The van der Waals surface area contributed by atoms with Gasteiger partial charge in [-0.05, 0) is 42.7 Å². The van der Waals surface area contributed by atoms with Crippen LogP contribution < -0.4 is 10.6 Å². The summed E-state index contributed by atoms with van der Waals surface area (Å²) < 4.78 is 0. The largest absolute Gasteiger partial charge is 0.338 e. The molecule has 1 aliphatic heterocycles. The summed E-state index contributed by atoms with van der Waals surface area (Å²) in [4.78, 5) is 26.9. The number of benzene rings is 2. The number of aromatic nitrogens is 2. The van der Waals surface area contributed by atoms with Crippen molar-refractivity contribution < 1.29 is 9.59 Å². The molecule has 2 aromatic carbocycles. The van der Waals surface area contributed by atoms with Crippen LogP contribution in [0.5, 0.6) is 0 Å². The number of likely N-dealkylation sites (tertiary alicyclic amines) is 1. The second kappa shape index (κ2) is 8.34. The van der Waals surface area contributed by atoms with Crippen molar-refractivity contribution in [3.05, 3.63) is 59.9 Å². The molecule has 1 atom stereocenters. The number of fused-ring (bicyclic) bond motifs is 1. The average Bonchev–Trinajstić information content (AvgIpc) is 3.21. The number of hydrogen-bond acceptors (Lipinski definition) is 3. The van der Waals surface area contributed by atoms with Crippen LogP contribution >= 0.6 is 0 Å². The molecule has 0 aliphatic carbocycles. The first-order chi connectivity index (χ1) is 14.2. The van der Waals surface area contributed by atoms with Crippen LogP contribution in [0.25, 0.3) is 10.8 Å². The highest BCUT2D eigenvalue weighted by molar-refractivity contribution is 5.98. The van der Waals surface area contributed by atoms with Crippen LogP contribution in [0.2, 0.25) is 0 Å². The SMILES string of the molecule is CCNC(=O)Nc1cn[nH]c1C1CCCN(C(=O)c2ccc3ccccc3c2)C1. The highest BCUT2D eigenvalue weighted by Gasteiger charge is 2.28. The van der Waals surface area contributed by atoms with Gasteiger partial charge in [-0.1, -0.05) is 30.3 Å². The number of anilines is 1. The molecule has 4 rings (SSSR count). The highest BCUT2D eigenvalue weighted by Crippen LogP contribution is 2.31. The number of amides is 3. The van der Waals surface area contributed by atoms with Gasteiger partial charge < -0.3 is 15.5 Å². The van der Waals surface area contributed by atoms with Gasteiger partial charge in [-0.15, -0.1) is 0 Å². The molecule has 150 valence electrons. The number of urea groups is 1. The van der Waals surface area contributed by atoms with Gasteiger partial charge in [0.15, 0.2) is 0 Å². The third-order valence-electron chi connectivity index (χ3n) is 5.37. The predicted molar refractivity (Wildman–Crippen MR) is 113 cm³/mol. The number of nitrogens with one attached hydrogen (secondary N) is 3. The first-order valence-electron chi connectivity index (χ1n) is 10.0. The zero-order chi connectivity index (χ0) is 20.2. The Balaban J connectivity index is 1.50. The molecule has 0 bridgehead atoms. The zero-order valence-electron chi connectivity index (χ0n) is 16.4. The second-order valence-corrected chi connectivity index (χ2v) is 7.33. The van der Waals surface area contributed by atoms with Crippen LogP contribution in [0.4, 0.5) is 10.5 Å². The maximum Gasteiger partial charge on any atom is 0.319 e. The van der Waals surface area contributed by atoms with Crippen LogP contribution in [0.3, 0.4) is 0 Å². The Labute approximate surface area is 169 Å². The maximum absolute atomic E-state index is 13.1. The molecule has 3 amide bonds. The van der Waals surface area contributed by atoms with E-state index in [1.165, 1.54) is 0 Å². The fraction of sp³-hybridized carbons (Fsp3) is 0.318. The number of aromatic amines is 1. The minimum Gasteiger partial charge on any atom is -0.338 e. The van der Waals surface area contributed by atoms with E-state index < -0.39 is 0 Å². The molecule has 0 spiro atoms. The van der Waals surface area contributed by atoms with E-state index in [4.69, 9.17) is 0 Å². The average molecular weight is 391 g/mol. The summed E-state index contributed by atoms with van der Waals surface area (Å²) in [6, 6.07) is 13.6. The molecular formula is C22H25N5O2. The highest BCUT2D eigenvalue weighted by atomic mass is 16.2. The summed E-state index contributed by atoms with van der Waals surface area (Å²) >= 11 is 0. The molecule has 7 nitrogen and oxygen atoms in total. The quantitative estimate of drug-likeness (QED) is 0.633. The molecule has 1 saturated heterocycles. The normalized spacial score (nSPS) is 16.6. The molecule has 29 heavy (non-hydrogen) atoms. The van der Waals surface area contributed by atoms with Gasteiger partial charge in [0.25, 0.3) is 5.91 Å². The van der Waals surface area contributed by atoms with Gasteiger partial charge in [-0.2, -0.15) is 5.10 Å². The van der Waals surface area contributed by atoms with Gasteiger partial charge in [-0.3, -0.25) is 9.89 Å². The number of nitrogens with zero attached hydrogens (tertiary/aromatic N) is 2. The lowest BCUT2D eigenvalue weighted by Crippen LogP contribution is -2.39. The van der Waals surface area contributed by atoms with Crippen molar-refractivity contribution in [2.75, 3.05) is 25.0 Å². The van der Waals surface area contributed by atoms with E-state index in [0.717, 1.165) is 35.9 Å². The molecule has 1 aliphatic rings. The number of piperidine rings is 1. The van der Waals surface area contributed by atoms with Crippen LogP contribution in [0.1, 0.15) is 41.7 Å². The molecule has 1 aromatic heterocycles. The van der Waals surface area contributed by atoms with Gasteiger partial charge in [0, 0.05) is 31.1 Å². The van der Waals surface area contributed by atoms with Crippen LogP contribution in [0, 0.1) is 0 Å². The summed E-state index contributed by atoms with van der Waals surface area (Å²) in [6.45, 7) is 3.75. The van der Waals surface area contributed by atoms with E-state index >= 15 is 0 Å². The van der Waals surface area contributed by atoms with Crippen molar-refractivity contribution in [1.29, 1.82) is 0 Å². The van der Waals surface area contributed by atoms with Crippen LogP contribution in [-0.4, -0.2) is 46.7 Å². The number of carbonyl (C=O) groups excluding carboxylic acids is 2. The third kappa shape index (κ3) is 4.08. The van der Waals surface area contributed by atoms with Gasteiger partial charge >= 0.3 is 6.03 Å². The fourth-order valence-electron chi connectivity index (χ4n) is 3.94. The first kappa shape index (κ1) is 19.0. The van der Waals surface area contributed by atoms with E-state index in [1.807, 2.05) is 54.3 Å². The molecule has 2 heterocycles. The molecular weight excluding hydrogens is 366 g/mol. The summed E-state index contributed by atoms with van der Waals surface area (Å²) in [7, 11) is 0. The fourth-order valence-corrected chi connectivity index (χ4v) is 3.94. The van der Waals surface area contributed by atoms with E-state index in [2.05, 4.69) is 20.8 Å². The Morgan fingerprint density at radius 2 is 2.03 bits per heavy atom. The Bertz CT molecular complexity index is 1030. The molecule has 7 heteroatoms. The zero-order valence-corrected chi connectivity index (χ0v) is 16.4. The Hall–Kier alpha value is -3.35. The lowest BCUT2D eigenvalue weighted by atomic mass is 9.93. The predicted octanol–water partition coefficient (Wildman–Crippen LogP) is 3.72. The summed E-state index contributed by atoms with van der Waals surface area (Å²) in [5.74, 6) is 0.144. The molecule has 3 N–H and O–H groups in total. The van der Waals surface area contributed by atoms with Crippen molar-refractivity contribution in [2.24, 2.45) is 0 Å². The number of H-pyrrole nitrogens is 1. The van der Waals surface area contributed by atoms with E-state index in [9.17, 15) is 9.59 Å². The van der Waals surface area contributed by atoms with E-state index in [0.29, 0.717) is 24.3 Å². The smallest absolute Gasteiger partial charge is 0.319 e.